The Hall–Kier alpha value is -1.42. The van der Waals surface area contributed by atoms with Gasteiger partial charge in [-0.2, -0.15) is 0 Å². The van der Waals surface area contributed by atoms with Gasteiger partial charge in [0.2, 0.25) is 0 Å². The molecule has 19 heavy (non-hydrogen) atoms. The quantitative estimate of drug-likeness (QED) is 0.522. The standard InChI is InChI=1S/C15H25NO3/c1-3-5-10-17-11-12-19-14-8-6-7-13(15(14)16)18-9-4-2/h6-8H,3-5,9-12,16H2,1-2H3. The summed E-state index contributed by atoms with van der Waals surface area (Å²) in [6, 6.07) is 5.59. The van der Waals surface area contributed by atoms with Crippen molar-refractivity contribution in [2.45, 2.75) is 33.1 Å². The number of para-hydroxylation sites is 1. The summed E-state index contributed by atoms with van der Waals surface area (Å²) in [6.45, 7) is 6.74. The number of ether oxygens (including phenoxy) is 3. The van der Waals surface area contributed by atoms with Crippen LogP contribution in [0, 0.1) is 0 Å². The number of rotatable bonds is 10. The normalized spacial score (nSPS) is 10.4. The summed E-state index contributed by atoms with van der Waals surface area (Å²) in [5, 5.41) is 0. The van der Waals surface area contributed by atoms with Crippen molar-refractivity contribution in [3.05, 3.63) is 18.2 Å². The van der Waals surface area contributed by atoms with Crippen LogP contribution in [0.3, 0.4) is 0 Å². The Morgan fingerprint density at radius 3 is 2.21 bits per heavy atom. The third kappa shape index (κ3) is 5.83. The maximum Gasteiger partial charge on any atom is 0.146 e. The van der Waals surface area contributed by atoms with Gasteiger partial charge in [-0.1, -0.05) is 26.3 Å². The van der Waals surface area contributed by atoms with Crippen LogP contribution in [0.15, 0.2) is 18.2 Å². The van der Waals surface area contributed by atoms with Gasteiger partial charge in [-0.15, -0.1) is 0 Å². The topological polar surface area (TPSA) is 53.7 Å². The predicted octanol–water partition coefficient (Wildman–Crippen LogP) is 3.25. The molecule has 0 aromatic heterocycles. The maximum absolute atomic E-state index is 6.00. The van der Waals surface area contributed by atoms with E-state index in [1.165, 1.54) is 0 Å². The number of benzene rings is 1. The first-order chi connectivity index (χ1) is 9.29. The van der Waals surface area contributed by atoms with E-state index in [1.54, 1.807) is 0 Å². The largest absolute Gasteiger partial charge is 0.491 e. The molecule has 0 heterocycles. The van der Waals surface area contributed by atoms with Crippen LogP contribution in [0.5, 0.6) is 11.5 Å². The molecule has 0 saturated carbocycles. The van der Waals surface area contributed by atoms with Gasteiger partial charge in [0.25, 0.3) is 0 Å². The highest BCUT2D eigenvalue weighted by molar-refractivity contribution is 5.62. The Labute approximate surface area is 115 Å². The van der Waals surface area contributed by atoms with E-state index in [0.29, 0.717) is 37.0 Å². The Morgan fingerprint density at radius 1 is 0.895 bits per heavy atom. The number of hydrogen-bond donors (Lipinski definition) is 1. The average molecular weight is 267 g/mol. The van der Waals surface area contributed by atoms with E-state index in [9.17, 15) is 0 Å². The van der Waals surface area contributed by atoms with Crippen molar-refractivity contribution in [3.63, 3.8) is 0 Å². The van der Waals surface area contributed by atoms with Gasteiger partial charge in [-0.05, 0) is 25.0 Å². The fraction of sp³-hybridized carbons (Fsp3) is 0.600. The van der Waals surface area contributed by atoms with Crippen molar-refractivity contribution in [1.29, 1.82) is 0 Å². The molecule has 1 aromatic carbocycles. The van der Waals surface area contributed by atoms with Crippen LogP contribution in [0.4, 0.5) is 5.69 Å². The van der Waals surface area contributed by atoms with Crippen LogP contribution < -0.4 is 15.2 Å². The smallest absolute Gasteiger partial charge is 0.146 e. The molecule has 0 unspecified atom stereocenters. The highest BCUT2D eigenvalue weighted by Crippen LogP contribution is 2.31. The van der Waals surface area contributed by atoms with Crippen LogP contribution >= 0.6 is 0 Å². The van der Waals surface area contributed by atoms with Gasteiger partial charge in [0.15, 0.2) is 0 Å². The number of nitrogen functional groups attached to an aromatic ring is 1. The van der Waals surface area contributed by atoms with Crippen molar-refractivity contribution in [2.24, 2.45) is 0 Å². The number of unbranched alkanes of at least 4 members (excludes halogenated alkanes) is 1. The van der Waals surface area contributed by atoms with Crippen LogP contribution in [0.2, 0.25) is 0 Å². The molecule has 108 valence electrons. The van der Waals surface area contributed by atoms with Gasteiger partial charge >= 0.3 is 0 Å². The lowest BCUT2D eigenvalue weighted by Gasteiger charge is -2.13. The Morgan fingerprint density at radius 2 is 1.58 bits per heavy atom. The summed E-state index contributed by atoms with van der Waals surface area (Å²) in [5.41, 5.74) is 6.56. The minimum absolute atomic E-state index is 0.505. The van der Waals surface area contributed by atoms with E-state index < -0.39 is 0 Å². The van der Waals surface area contributed by atoms with Gasteiger partial charge in [0.05, 0.1) is 13.2 Å². The molecule has 1 rings (SSSR count). The second-order valence-corrected chi connectivity index (χ2v) is 4.33. The molecule has 0 aliphatic heterocycles. The van der Waals surface area contributed by atoms with Crippen LogP contribution in [0.1, 0.15) is 33.1 Å². The van der Waals surface area contributed by atoms with E-state index >= 15 is 0 Å². The first-order valence-corrected chi connectivity index (χ1v) is 7.01. The zero-order chi connectivity index (χ0) is 13.9. The lowest BCUT2D eigenvalue weighted by atomic mass is 10.2. The van der Waals surface area contributed by atoms with Crippen LogP contribution in [0.25, 0.3) is 0 Å². The fourth-order valence-electron chi connectivity index (χ4n) is 1.55. The molecule has 0 fully saturated rings. The molecule has 2 N–H and O–H groups in total. The molecule has 0 amide bonds. The summed E-state index contributed by atoms with van der Waals surface area (Å²) in [4.78, 5) is 0. The molecule has 1 aromatic rings. The lowest BCUT2D eigenvalue weighted by Crippen LogP contribution is -2.09. The van der Waals surface area contributed by atoms with Crippen molar-refractivity contribution in [3.8, 4) is 11.5 Å². The van der Waals surface area contributed by atoms with Gasteiger partial charge in [-0.25, -0.2) is 0 Å². The molecular weight excluding hydrogens is 242 g/mol. The maximum atomic E-state index is 6.00. The molecule has 4 nitrogen and oxygen atoms in total. The summed E-state index contributed by atoms with van der Waals surface area (Å²) in [7, 11) is 0. The van der Waals surface area contributed by atoms with E-state index in [0.717, 1.165) is 25.9 Å². The monoisotopic (exact) mass is 267 g/mol. The Bertz CT molecular complexity index is 355. The molecule has 0 radical (unpaired) electrons. The summed E-state index contributed by atoms with van der Waals surface area (Å²) in [5.74, 6) is 1.35. The minimum atomic E-state index is 0.505. The molecule has 0 saturated heterocycles. The molecule has 0 aliphatic carbocycles. The van der Waals surface area contributed by atoms with Crippen molar-refractivity contribution >= 4 is 5.69 Å². The third-order valence-corrected chi connectivity index (χ3v) is 2.62. The predicted molar refractivity (Wildman–Crippen MR) is 77.9 cm³/mol. The Balaban J connectivity index is 2.36. The lowest BCUT2D eigenvalue weighted by molar-refractivity contribution is 0.0982. The summed E-state index contributed by atoms with van der Waals surface area (Å²) < 4.78 is 16.6. The molecule has 0 spiro atoms. The molecule has 0 atom stereocenters. The first-order valence-electron chi connectivity index (χ1n) is 7.01. The van der Waals surface area contributed by atoms with E-state index in [2.05, 4.69) is 13.8 Å². The summed E-state index contributed by atoms with van der Waals surface area (Å²) >= 11 is 0. The second kappa shape index (κ2) is 9.50. The first kappa shape index (κ1) is 15.6. The van der Waals surface area contributed by atoms with E-state index in [-0.39, 0.29) is 0 Å². The Kier molecular flexibility index (Phi) is 7.82. The third-order valence-electron chi connectivity index (χ3n) is 2.62. The zero-order valence-corrected chi connectivity index (χ0v) is 12.0. The van der Waals surface area contributed by atoms with Crippen LogP contribution in [-0.2, 0) is 4.74 Å². The van der Waals surface area contributed by atoms with Crippen molar-refractivity contribution in [1.82, 2.24) is 0 Å². The van der Waals surface area contributed by atoms with E-state index in [1.807, 2.05) is 18.2 Å². The molecule has 4 heteroatoms. The summed E-state index contributed by atoms with van der Waals surface area (Å²) in [6.07, 6.45) is 3.18. The average Bonchev–Trinajstić information content (AvgIpc) is 2.43. The SMILES string of the molecule is CCCCOCCOc1cccc(OCCC)c1N. The number of hydrogen-bond acceptors (Lipinski definition) is 4. The highest BCUT2D eigenvalue weighted by Gasteiger charge is 2.06. The second-order valence-electron chi connectivity index (χ2n) is 4.33. The van der Waals surface area contributed by atoms with E-state index in [4.69, 9.17) is 19.9 Å². The molecule has 0 bridgehead atoms. The van der Waals surface area contributed by atoms with Crippen molar-refractivity contribution in [2.75, 3.05) is 32.2 Å². The van der Waals surface area contributed by atoms with Gasteiger partial charge in [0.1, 0.15) is 23.8 Å². The van der Waals surface area contributed by atoms with Gasteiger partial charge < -0.3 is 19.9 Å². The zero-order valence-electron chi connectivity index (χ0n) is 12.0. The fourth-order valence-corrected chi connectivity index (χ4v) is 1.55. The molecule has 0 aliphatic rings. The van der Waals surface area contributed by atoms with Crippen LogP contribution in [-0.4, -0.2) is 26.4 Å². The van der Waals surface area contributed by atoms with Gasteiger partial charge in [-0.3, -0.25) is 0 Å². The minimum Gasteiger partial charge on any atom is -0.491 e. The number of anilines is 1. The number of nitrogens with two attached hydrogens (primary N) is 1. The molecular formula is C15H25NO3. The highest BCUT2D eigenvalue weighted by atomic mass is 16.5. The van der Waals surface area contributed by atoms with Crippen molar-refractivity contribution < 1.29 is 14.2 Å². The van der Waals surface area contributed by atoms with Gasteiger partial charge in [0, 0.05) is 6.61 Å².